The van der Waals surface area contributed by atoms with E-state index in [-0.39, 0.29) is 19.2 Å². The SMILES string of the molecule is C=CCn1c(=O)nc(N[C@@H](C)CCO)c2[nH]c(-c3cc(OC)nn3C)nc21. The van der Waals surface area contributed by atoms with Crippen molar-refractivity contribution in [1.82, 2.24) is 29.3 Å². The Bertz CT molecular complexity index is 1020. The Kier molecular flexibility index (Phi) is 5.26. The largest absolute Gasteiger partial charge is 0.480 e. The number of methoxy groups -OCH3 is 1. The second-order valence-corrected chi connectivity index (χ2v) is 6.18. The molecule has 0 bridgehead atoms. The molecule has 10 nitrogen and oxygen atoms in total. The summed E-state index contributed by atoms with van der Waals surface area (Å²) in [4.78, 5) is 24.4. The van der Waals surface area contributed by atoms with Gasteiger partial charge in [-0.15, -0.1) is 11.7 Å². The monoisotopic (exact) mass is 373 g/mol. The Morgan fingerprint density at radius 2 is 2.26 bits per heavy atom. The number of H-pyrrole nitrogens is 1. The zero-order chi connectivity index (χ0) is 19.6. The molecule has 3 heterocycles. The van der Waals surface area contributed by atoms with Crippen LogP contribution in [-0.2, 0) is 13.6 Å². The van der Waals surface area contributed by atoms with Crippen molar-refractivity contribution in [2.75, 3.05) is 19.0 Å². The minimum absolute atomic E-state index is 0.0356. The summed E-state index contributed by atoms with van der Waals surface area (Å²) in [6, 6.07) is 1.69. The standard InChI is InChI=1S/C17H23N7O3/c1-5-7-24-16-13(15(21-17(24)26)18-10(2)6-8-25)19-14(20-16)11-9-12(27-4)22-23(11)3/h5,9-10,25H,1,6-8H2,2-4H3,(H,19,20)(H,18,21,26)/t10-/m0/s1. The van der Waals surface area contributed by atoms with Crippen molar-refractivity contribution in [2.24, 2.45) is 7.05 Å². The van der Waals surface area contributed by atoms with Gasteiger partial charge < -0.3 is 20.1 Å². The van der Waals surface area contributed by atoms with Gasteiger partial charge in [-0.05, 0) is 13.3 Å². The Balaban J connectivity index is 2.18. The summed E-state index contributed by atoms with van der Waals surface area (Å²) >= 11 is 0. The van der Waals surface area contributed by atoms with Crippen LogP contribution < -0.4 is 15.7 Å². The number of aryl methyl sites for hydroxylation is 1. The Morgan fingerprint density at radius 3 is 2.89 bits per heavy atom. The molecular formula is C17H23N7O3. The van der Waals surface area contributed by atoms with E-state index >= 15 is 0 Å². The van der Waals surface area contributed by atoms with E-state index in [0.717, 1.165) is 0 Å². The maximum Gasteiger partial charge on any atom is 0.351 e. The molecule has 0 amide bonds. The number of hydrogen-bond donors (Lipinski definition) is 3. The highest BCUT2D eigenvalue weighted by Crippen LogP contribution is 2.26. The molecule has 1 atom stereocenters. The highest BCUT2D eigenvalue weighted by Gasteiger charge is 2.19. The van der Waals surface area contributed by atoms with E-state index in [4.69, 9.17) is 9.84 Å². The lowest BCUT2D eigenvalue weighted by atomic mass is 10.2. The van der Waals surface area contributed by atoms with E-state index in [9.17, 15) is 4.79 Å². The van der Waals surface area contributed by atoms with Gasteiger partial charge in [-0.3, -0.25) is 9.25 Å². The van der Waals surface area contributed by atoms with E-state index < -0.39 is 5.69 Å². The predicted octanol–water partition coefficient (Wildman–Crippen LogP) is 0.898. The lowest BCUT2D eigenvalue weighted by molar-refractivity contribution is 0.282. The second-order valence-electron chi connectivity index (χ2n) is 6.18. The molecule has 0 spiro atoms. The van der Waals surface area contributed by atoms with Gasteiger partial charge in [0, 0.05) is 32.3 Å². The number of ether oxygens (including phenoxy) is 1. The summed E-state index contributed by atoms with van der Waals surface area (Å²) in [7, 11) is 3.32. The Morgan fingerprint density at radius 1 is 1.48 bits per heavy atom. The van der Waals surface area contributed by atoms with Crippen molar-refractivity contribution in [2.45, 2.75) is 25.9 Å². The van der Waals surface area contributed by atoms with E-state index in [1.54, 1.807) is 31.0 Å². The minimum Gasteiger partial charge on any atom is -0.480 e. The number of aromatic nitrogens is 6. The molecule has 0 radical (unpaired) electrons. The van der Waals surface area contributed by atoms with Crippen LogP contribution in [0.25, 0.3) is 22.7 Å². The number of allylic oxidation sites excluding steroid dienone is 1. The van der Waals surface area contributed by atoms with Crippen LogP contribution in [0.15, 0.2) is 23.5 Å². The van der Waals surface area contributed by atoms with Crippen molar-refractivity contribution in [3.8, 4) is 17.4 Å². The molecule has 0 aliphatic rings. The minimum atomic E-state index is -0.429. The zero-order valence-electron chi connectivity index (χ0n) is 15.6. The van der Waals surface area contributed by atoms with E-state index in [1.807, 2.05) is 6.92 Å². The van der Waals surface area contributed by atoms with Crippen molar-refractivity contribution in [3.63, 3.8) is 0 Å². The van der Waals surface area contributed by atoms with Crippen molar-refractivity contribution in [3.05, 3.63) is 29.2 Å². The quantitative estimate of drug-likeness (QED) is 0.501. The molecule has 3 aromatic rings. The van der Waals surface area contributed by atoms with Gasteiger partial charge in [0.2, 0.25) is 5.88 Å². The highest BCUT2D eigenvalue weighted by atomic mass is 16.5. The second kappa shape index (κ2) is 7.62. The van der Waals surface area contributed by atoms with Crippen LogP contribution in [0.1, 0.15) is 13.3 Å². The molecule has 3 N–H and O–H groups in total. The van der Waals surface area contributed by atoms with Gasteiger partial charge in [0.05, 0.1) is 7.11 Å². The van der Waals surface area contributed by atoms with Crippen molar-refractivity contribution in [1.29, 1.82) is 0 Å². The molecule has 3 rings (SSSR count). The predicted molar refractivity (Wildman–Crippen MR) is 102 cm³/mol. The fraction of sp³-hybridized carbons (Fsp3) is 0.412. The number of aliphatic hydroxyl groups excluding tert-OH is 1. The highest BCUT2D eigenvalue weighted by molar-refractivity contribution is 5.85. The molecule has 0 fully saturated rings. The van der Waals surface area contributed by atoms with Crippen LogP contribution in [0, 0.1) is 0 Å². The van der Waals surface area contributed by atoms with Crippen LogP contribution in [0.5, 0.6) is 5.88 Å². The van der Waals surface area contributed by atoms with Gasteiger partial charge in [-0.2, -0.15) is 4.98 Å². The topological polar surface area (TPSA) is 123 Å². The third kappa shape index (κ3) is 3.56. The van der Waals surface area contributed by atoms with Crippen LogP contribution in [0.2, 0.25) is 0 Å². The molecule has 0 aliphatic heterocycles. The molecule has 10 heteroatoms. The number of imidazole rings is 1. The number of rotatable bonds is 8. The first-order valence-electron chi connectivity index (χ1n) is 8.55. The van der Waals surface area contributed by atoms with E-state index in [2.05, 4.69) is 31.9 Å². The van der Waals surface area contributed by atoms with E-state index in [1.165, 1.54) is 4.57 Å². The molecular weight excluding hydrogens is 350 g/mol. The molecule has 144 valence electrons. The summed E-state index contributed by atoms with van der Waals surface area (Å²) in [5.41, 5.74) is 1.33. The summed E-state index contributed by atoms with van der Waals surface area (Å²) in [6.45, 7) is 5.92. The zero-order valence-corrected chi connectivity index (χ0v) is 15.6. The van der Waals surface area contributed by atoms with Gasteiger partial charge in [-0.25, -0.2) is 9.78 Å². The summed E-state index contributed by atoms with van der Waals surface area (Å²) in [5, 5.41) is 16.5. The first kappa shape index (κ1) is 18.6. The molecule has 27 heavy (non-hydrogen) atoms. The lowest BCUT2D eigenvalue weighted by Crippen LogP contribution is -2.26. The van der Waals surface area contributed by atoms with Crippen LogP contribution in [-0.4, -0.2) is 54.2 Å². The van der Waals surface area contributed by atoms with Gasteiger partial charge >= 0.3 is 5.69 Å². The van der Waals surface area contributed by atoms with Gasteiger partial charge in [0.15, 0.2) is 17.3 Å². The number of aromatic amines is 1. The fourth-order valence-electron chi connectivity index (χ4n) is 2.81. The van der Waals surface area contributed by atoms with Crippen molar-refractivity contribution >= 4 is 17.0 Å². The van der Waals surface area contributed by atoms with Crippen LogP contribution in [0.4, 0.5) is 5.82 Å². The number of fused-ring (bicyclic) bond motifs is 1. The number of nitrogens with one attached hydrogen (secondary N) is 2. The Hall–Kier alpha value is -3.14. The van der Waals surface area contributed by atoms with Crippen LogP contribution >= 0.6 is 0 Å². The van der Waals surface area contributed by atoms with Gasteiger partial charge in [0.1, 0.15) is 11.2 Å². The first-order valence-corrected chi connectivity index (χ1v) is 8.55. The lowest BCUT2D eigenvalue weighted by Gasteiger charge is -2.14. The molecule has 0 saturated carbocycles. The number of nitrogens with zero attached hydrogens (tertiary/aromatic N) is 5. The van der Waals surface area contributed by atoms with Crippen LogP contribution in [0.3, 0.4) is 0 Å². The average molecular weight is 373 g/mol. The molecule has 0 aromatic carbocycles. The summed E-state index contributed by atoms with van der Waals surface area (Å²) in [5.74, 6) is 1.39. The number of hydrogen-bond acceptors (Lipinski definition) is 7. The van der Waals surface area contributed by atoms with Gasteiger partial charge in [-0.1, -0.05) is 6.08 Å². The van der Waals surface area contributed by atoms with E-state index in [0.29, 0.717) is 40.8 Å². The number of anilines is 1. The number of aliphatic hydroxyl groups is 1. The first-order chi connectivity index (χ1) is 13.0. The molecule has 0 saturated heterocycles. The fourth-order valence-corrected chi connectivity index (χ4v) is 2.81. The molecule has 0 unspecified atom stereocenters. The molecule has 3 aromatic heterocycles. The average Bonchev–Trinajstić information content (AvgIpc) is 3.22. The maximum atomic E-state index is 12.5. The maximum absolute atomic E-state index is 12.5. The summed E-state index contributed by atoms with van der Waals surface area (Å²) < 4.78 is 8.25. The Labute approximate surface area is 155 Å². The third-order valence-corrected chi connectivity index (χ3v) is 4.18. The smallest absolute Gasteiger partial charge is 0.351 e. The summed E-state index contributed by atoms with van der Waals surface area (Å²) in [6.07, 6.45) is 2.14. The normalized spacial score (nSPS) is 12.3. The van der Waals surface area contributed by atoms with Gasteiger partial charge in [0.25, 0.3) is 0 Å². The molecule has 0 aliphatic carbocycles. The van der Waals surface area contributed by atoms with Crippen molar-refractivity contribution < 1.29 is 9.84 Å². The third-order valence-electron chi connectivity index (χ3n) is 4.18.